The van der Waals surface area contributed by atoms with E-state index < -0.39 is 23.4 Å². The molecule has 1 heterocycles. The molecular formula is C23H23BrFNO4. The predicted octanol–water partition coefficient (Wildman–Crippen LogP) is 5.28. The Bertz CT molecular complexity index is 1020. The van der Waals surface area contributed by atoms with E-state index in [4.69, 9.17) is 9.47 Å². The molecule has 1 N–H and O–H groups in total. The second-order valence-electron chi connectivity index (χ2n) is 8.07. The number of hydrogen-bond acceptors (Lipinski definition) is 5. The lowest BCUT2D eigenvalue weighted by molar-refractivity contribution is -0.169. The number of esters is 2. The summed E-state index contributed by atoms with van der Waals surface area (Å²) in [4.78, 5) is 24.3. The van der Waals surface area contributed by atoms with Gasteiger partial charge in [-0.15, -0.1) is 0 Å². The third kappa shape index (κ3) is 5.08. The monoisotopic (exact) mass is 475 g/mol. The smallest absolute Gasteiger partial charge is 0.422 e. The second kappa shape index (κ2) is 8.60. The molecule has 0 aromatic heterocycles. The van der Waals surface area contributed by atoms with Gasteiger partial charge in [0.2, 0.25) is 0 Å². The van der Waals surface area contributed by atoms with Crippen LogP contribution in [0, 0.1) is 5.82 Å². The molecule has 2 aromatic rings. The zero-order chi connectivity index (χ0) is 22.1. The van der Waals surface area contributed by atoms with Crippen LogP contribution in [0.2, 0.25) is 0 Å². The van der Waals surface area contributed by atoms with E-state index in [1.165, 1.54) is 12.1 Å². The summed E-state index contributed by atoms with van der Waals surface area (Å²) in [6.45, 7) is 7.29. The van der Waals surface area contributed by atoms with Crippen molar-refractivity contribution in [3.8, 4) is 5.75 Å². The molecule has 0 unspecified atom stereocenters. The SMILES string of the molecule is CC1=C(Cc2ccc(Br)cc2)CNc2c(F)ccc(OC(=O)C(=O)OC(C)(C)C)c21. The van der Waals surface area contributed by atoms with Crippen molar-refractivity contribution in [3.05, 3.63) is 63.4 Å². The summed E-state index contributed by atoms with van der Waals surface area (Å²) in [6, 6.07) is 10.5. The van der Waals surface area contributed by atoms with Crippen molar-refractivity contribution in [1.82, 2.24) is 0 Å². The first-order valence-electron chi connectivity index (χ1n) is 9.50. The number of benzene rings is 2. The van der Waals surface area contributed by atoms with Gasteiger partial charge in [-0.1, -0.05) is 28.1 Å². The fourth-order valence-electron chi connectivity index (χ4n) is 3.20. The van der Waals surface area contributed by atoms with E-state index in [0.29, 0.717) is 18.5 Å². The molecule has 0 atom stereocenters. The quantitative estimate of drug-likeness (QED) is 0.371. The van der Waals surface area contributed by atoms with E-state index in [1.807, 2.05) is 31.2 Å². The van der Waals surface area contributed by atoms with Crippen LogP contribution in [-0.4, -0.2) is 24.1 Å². The summed E-state index contributed by atoms with van der Waals surface area (Å²) in [7, 11) is 0. The van der Waals surface area contributed by atoms with Gasteiger partial charge in [-0.25, -0.2) is 14.0 Å². The van der Waals surface area contributed by atoms with Crippen LogP contribution in [0.3, 0.4) is 0 Å². The lowest BCUT2D eigenvalue weighted by Gasteiger charge is -2.25. The molecule has 5 nitrogen and oxygen atoms in total. The minimum atomic E-state index is -1.15. The number of rotatable bonds is 3. The Kier molecular flexibility index (Phi) is 6.31. The number of halogens is 2. The highest BCUT2D eigenvalue weighted by Crippen LogP contribution is 2.40. The van der Waals surface area contributed by atoms with E-state index >= 15 is 0 Å². The molecule has 0 amide bonds. The maximum absolute atomic E-state index is 14.4. The molecule has 1 aliphatic heterocycles. The maximum Gasteiger partial charge on any atom is 0.422 e. The maximum atomic E-state index is 14.4. The Labute approximate surface area is 183 Å². The number of carbonyl (C=O) groups is 2. The lowest BCUT2D eigenvalue weighted by atomic mass is 9.91. The molecule has 2 aromatic carbocycles. The van der Waals surface area contributed by atoms with Gasteiger partial charge in [-0.2, -0.15) is 0 Å². The fraction of sp³-hybridized carbons (Fsp3) is 0.304. The van der Waals surface area contributed by atoms with Crippen LogP contribution in [0.1, 0.15) is 38.8 Å². The second-order valence-corrected chi connectivity index (χ2v) is 8.99. The molecule has 0 saturated heterocycles. The molecule has 1 aliphatic rings. The summed E-state index contributed by atoms with van der Waals surface area (Å²) in [5.74, 6) is -2.59. The third-order valence-corrected chi connectivity index (χ3v) is 5.13. The van der Waals surface area contributed by atoms with Gasteiger partial charge >= 0.3 is 11.9 Å². The third-order valence-electron chi connectivity index (χ3n) is 4.60. The number of hydrogen-bond donors (Lipinski definition) is 1. The first-order valence-corrected chi connectivity index (χ1v) is 10.3. The van der Waals surface area contributed by atoms with E-state index in [1.54, 1.807) is 20.8 Å². The summed E-state index contributed by atoms with van der Waals surface area (Å²) >= 11 is 3.42. The van der Waals surface area contributed by atoms with Gasteiger partial charge in [-0.3, -0.25) is 0 Å². The minimum Gasteiger partial charge on any atom is -0.452 e. The lowest BCUT2D eigenvalue weighted by Crippen LogP contribution is -2.31. The number of carbonyl (C=O) groups excluding carboxylic acids is 2. The summed E-state index contributed by atoms with van der Waals surface area (Å²) in [5, 5.41) is 3.07. The Morgan fingerprint density at radius 2 is 1.77 bits per heavy atom. The highest BCUT2D eigenvalue weighted by molar-refractivity contribution is 9.10. The Hall–Kier alpha value is -2.67. The van der Waals surface area contributed by atoms with Gasteiger partial charge in [0.1, 0.15) is 17.2 Å². The van der Waals surface area contributed by atoms with Crippen molar-refractivity contribution in [1.29, 1.82) is 0 Å². The number of fused-ring (bicyclic) bond motifs is 1. The van der Waals surface area contributed by atoms with Crippen molar-refractivity contribution in [3.63, 3.8) is 0 Å². The summed E-state index contributed by atoms with van der Waals surface area (Å²) < 4.78 is 25.8. The van der Waals surface area contributed by atoms with Gasteiger partial charge in [0, 0.05) is 16.6 Å². The number of ether oxygens (including phenoxy) is 2. The normalized spacial score (nSPS) is 13.4. The van der Waals surface area contributed by atoms with E-state index in [2.05, 4.69) is 21.2 Å². The minimum absolute atomic E-state index is 0.111. The van der Waals surface area contributed by atoms with Crippen LogP contribution in [0.5, 0.6) is 5.75 Å². The molecule has 0 radical (unpaired) electrons. The van der Waals surface area contributed by atoms with Crippen LogP contribution in [-0.2, 0) is 20.7 Å². The Balaban J connectivity index is 1.92. The van der Waals surface area contributed by atoms with E-state index in [0.717, 1.165) is 21.2 Å². The van der Waals surface area contributed by atoms with Gasteiger partial charge < -0.3 is 14.8 Å². The van der Waals surface area contributed by atoms with Gasteiger partial charge in [0.25, 0.3) is 0 Å². The zero-order valence-corrected chi connectivity index (χ0v) is 18.9. The van der Waals surface area contributed by atoms with Crippen molar-refractivity contribution in [2.24, 2.45) is 0 Å². The van der Waals surface area contributed by atoms with Gasteiger partial charge in [0.15, 0.2) is 0 Å². The van der Waals surface area contributed by atoms with Crippen molar-refractivity contribution < 1.29 is 23.5 Å². The number of anilines is 1. The molecule has 0 fully saturated rings. The van der Waals surface area contributed by atoms with Crippen LogP contribution in [0.4, 0.5) is 10.1 Å². The Morgan fingerprint density at radius 3 is 2.40 bits per heavy atom. The Morgan fingerprint density at radius 1 is 1.10 bits per heavy atom. The average Bonchev–Trinajstić information content (AvgIpc) is 2.66. The molecule has 0 saturated carbocycles. The number of nitrogens with one attached hydrogen (secondary N) is 1. The molecule has 0 spiro atoms. The highest BCUT2D eigenvalue weighted by Gasteiger charge is 2.28. The molecule has 3 rings (SSSR count). The first-order chi connectivity index (χ1) is 14.0. The highest BCUT2D eigenvalue weighted by atomic mass is 79.9. The standard InChI is InChI=1S/C23H23BrFNO4/c1-13-15(11-14-5-7-16(24)8-6-14)12-26-20-17(25)9-10-18(19(13)20)29-21(27)22(28)30-23(2,3)4/h5-10,26H,11-12H2,1-4H3. The van der Waals surface area contributed by atoms with Gasteiger partial charge in [0.05, 0.1) is 5.69 Å². The zero-order valence-electron chi connectivity index (χ0n) is 17.3. The molecular weight excluding hydrogens is 453 g/mol. The molecule has 0 bridgehead atoms. The summed E-state index contributed by atoms with van der Waals surface area (Å²) in [5.41, 5.74) is 2.80. The molecule has 30 heavy (non-hydrogen) atoms. The van der Waals surface area contributed by atoms with Crippen molar-refractivity contribution in [2.45, 2.75) is 39.7 Å². The van der Waals surface area contributed by atoms with Crippen molar-refractivity contribution >= 4 is 39.1 Å². The van der Waals surface area contributed by atoms with E-state index in [-0.39, 0.29) is 11.4 Å². The van der Waals surface area contributed by atoms with Crippen LogP contribution >= 0.6 is 15.9 Å². The largest absolute Gasteiger partial charge is 0.452 e. The average molecular weight is 476 g/mol. The predicted molar refractivity (Wildman–Crippen MR) is 117 cm³/mol. The first kappa shape index (κ1) is 22.0. The van der Waals surface area contributed by atoms with Crippen LogP contribution < -0.4 is 10.1 Å². The van der Waals surface area contributed by atoms with Crippen LogP contribution in [0.25, 0.3) is 5.57 Å². The molecule has 7 heteroatoms. The van der Waals surface area contributed by atoms with Crippen molar-refractivity contribution in [2.75, 3.05) is 11.9 Å². The summed E-state index contributed by atoms with van der Waals surface area (Å²) in [6.07, 6.45) is 0.654. The van der Waals surface area contributed by atoms with Crippen LogP contribution in [0.15, 0.2) is 46.4 Å². The molecule has 0 aliphatic carbocycles. The van der Waals surface area contributed by atoms with Gasteiger partial charge in [-0.05, 0) is 75.1 Å². The number of allylic oxidation sites excluding steroid dienone is 1. The van der Waals surface area contributed by atoms with E-state index in [9.17, 15) is 14.0 Å². The fourth-order valence-corrected chi connectivity index (χ4v) is 3.46. The topological polar surface area (TPSA) is 64.6 Å². The molecule has 158 valence electrons.